The van der Waals surface area contributed by atoms with E-state index in [1.165, 1.54) is 19.3 Å². The predicted octanol–water partition coefficient (Wildman–Crippen LogP) is 3.32. The van der Waals surface area contributed by atoms with E-state index in [9.17, 15) is 9.59 Å². The molecule has 0 bridgehead atoms. The van der Waals surface area contributed by atoms with Crippen molar-refractivity contribution >= 4 is 12.0 Å². The summed E-state index contributed by atoms with van der Waals surface area (Å²) in [5, 5.41) is 0. The molecular formula is C17H26N2O2. The van der Waals surface area contributed by atoms with Crippen LogP contribution < -0.4 is 10.5 Å². The molecule has 0 aromatic carbocycles. The summed E-state index contributed by atoms with van der Waals surface area (Å²) in [6.07, 6.45) is 6.42. The van der Waals surface area contributed by atoms with Crippen LogP contribution in [-0.4, -0.2) is 23.9 Å². The van der Waals surface area contributed by atoms with Crippen molar-refractivity contribution in [3.05, 3.63) is 27.7 Å². The molecule has 0 amide bonds. The van der Waals surface area contributed by atoms with Crippen molar-refractivity contribution in [1.29, 1.82) is 0 Å². The number of pyridine rings is 1. The lowest BCUT2D eigenvalue weighted by atomic mass is 9.94. The average Bonchev–Trinajstić information content (AvgIpc) is 2.49. The first-order valence-corrected chi connectivity index (χ1v) is 8.10. The summed E-state index contributed by atoms with van der Waals surface area (Å²) in [5.41, 5.74) is 1.96. The molecule has 0 radical (unpaired) electrons. The Hall–Kier alpha value is -1.58. The quantitative estimate of drug-likeness (QED) is 0.781. The van der Waals surface area contributed by atoms with Gasteiger partial charge >= 0.3 is 0 Å². The van der Waals surface area contributed by atoms with Crippen LogP contribution in [0.1, 0.15) is 68.0 Å². The van der Waals surface area contributed by atoms with Crippen molar-refractivity contribution in [3.63, 3.8) is 0 Å². The minimum atomic E-state index is -0.112. The highest BCUT2D eigenvalue weighted by Gasteiger charge is 2.22. The van der Waals surface area contributed by atoms with Gasteiger partial charge in [0, 0.05) is 24.8 Å². The highest BCUT2D eigenvalue weighted by atomic mass is 16.1. The van der Waals surface area contributed by atoms with Crippen LogP contribution in [0.5, 0.6) is 0 Å². The topological polar surface area (TPSA) is 42.3 Å². The molecule has 0 atom stereocenters. The monoisotopic (exact) mass is 290 g/mol. The predicted molar refractivity (Wildman–Crippen MR) is 86.5 cm³/mol. The van der Waals surface area contributed by atoms with E-state index >= 15 is 0 Å². The highest BCUT2D eigenvalue weighted by Crippen LogP contribution is 2.29. The summed E-state index contributed by atoms with van der Waals surface area (Å²) < 4.78 is 1.86. The number of anilines is 1. The van der Waals surface area contributed by atoms with Gasteiger partial charge in [0.2, 0.25) is 0 Å². The molecule has 1 heterocycles. The molecule has 1 aromatic rings. The van der Waals surface area contributed by atoms with E-state index in [0.717, 1.165) is 43.6 Å². The summed E-state index contributed by atoms with van der Waals surface area (Å²) in [4.78, 5) is 26.3. The molecule has 1 fully saturated rings. The Bertz CT molecular complexity index is 553. The van der Waals surface area contributed by atoms with Crippen LogP contribution >= 0.6 is 0 Å². The van der Waals surface area contributed by atoms with Gasteiger partial charge in [0.05, 0.1) is 5.69 Å². The van der Waals surface area contributed by atoms with E-state index in [1.807, 2.05) is 31.4 Å². The Morgan fingerprint density at radius 1 is 1.24 bits per heavy atom. The SMILES string of the molecule is CCN(CC)c1cc(C)n(C2CCCCC2)c(=O)c1C=O. The number of rotatable bonds is 5. The Kier molecular flexibility index (Phi) is 5.21. The number of aryl methyl sites for hydroxylation is 1. The third-order valence-corrected chi connectivity index (χ3v) is 4.61. The summed E-state index contributed by atoms with van der Waals surface area (Å²) in [7, 11) is 0. The van der Waals surface area contributed by atoms with Crippen LogP contribution in [0.4, 0.5) is 5.69 Å². The van der Waals surface area contributed by atoms with E-state index in [4.69, 9.17) is 0 Å². The van der Waals surface area contributed by atoms with E-state index in [-0.39, 0.29) is 11.6 Å². The van der Waals surface area contributed by atoms with Gasteiger partial charge in [0.15, 0.2) is 6.29 Å². The number of aldehydes is 1. The molecular weight excluding hydrogens is 264 g/mol. The van der Waals surface area contributed by atoms with Crippen molar-refractivity contribution in [1.82, 2.24) is 4.57 Å². The van der Waals surface area contributed by atoms with Crippen molar-refractivity contribution < 1.29 is 4.79 Å². The maximum Gasteiger partial charge on any atom is 0.263 e. The standard InChI is InChI=1S/C17H26N2O2/c1-4-18(5-2)16-11-13(3)19(17(21)15(16)12-20)14-9-7-6-8-10-14/h11-12,14H,4-10H2,1-3H3. The molecule has 4 heteroatoms. The number of hydrogen-bond acceptors (Lipinski definition) is 3. The smallest absolute Gasteiger partial charge is 0.263 e. The van der Waals surface area contributed by atoms with Gasteiger partial charge in [-0.2, -0.15) is 0 Å². The van der Waals surface area contributed by atoms with E-state index in [2.05, 4.69) is 4.90 Å². The molecule has 2 rings (SSSR count). The molecule has 0 unspecified atom stereocenters. The van der Waals surface area contributed by atoms with Crippen LogP contribution in [0, 0.1) is 6.92 Å². The summed E-state index contributed by atoms with van der Waals surface area (Å²) >= 11 is 0. The van der Waals surface area contributed by atoms with Gasteiger partial charge in [-0.25, -0.2) is 0 Å². The highest BCUT2D eigenvalue weighted by molar-refractivity contribution is 5.84. The van der Waals surface area contributed by atoms with Gasteiger partial charge in [0.1, 0.15) is 5.56 Å². The van der Waals surface area contributed by atoms with Crippen molar-refractivity contribution in [2.75, 3.05) is 18.0 Å². The molecule has 0 spiro atoms. The van der Waals surface area contributed by atoms with E-state index in [0.29, 0.717) is 5.56 Å². The number of hydrogen-bond donors (Lipinski definition) is 0. The average molecular weight is 290 g/mol. The molecule has 1 aliphatic rings. The third kappa shape index (κ3) is 3.04. The van der Waals surface area contributed by atoms with Gasteiger partial charge in [-0.15, -0.1) is 0 Å². The Labute approximate surface area is 126 Å². The zero-order valence-electron chi connectivity index (χ0n) is 13.4. The zero-order chi connectivity index (χ0) is 15.4. The first-order chi connectivity index (χ1) is 10.1. The molecule has 1 aliphatic carbocycles. The lowest BCUT2D eigenvalue weighted by molar-refractivity contribution is 0.112. The first kappa shape index (κ1) is 15.8. The van der Waals surface area contributed by atoms with Crippen LogP contribution in [0.25, 0.3) is 0 Å². The number of carbonyl (C=O) groups excluding carboxylic acids is 1. The van der Waals surface area contributed by atoms with Gasteiger partial charge in [-0.1, -0.05) is 19.3 Å². The van der Waals surface area contributed by atoms with Crippen LogP contribution in [0.2, 0.25) is 0 Å². The molecule has 1 saturated carbocycles. The fourth-order valence-electron chi connectivity index (χ4n) is 3.47. The molecule has 116 valence electrons. The van der Waals surface area contributed by atoms with Gasteiger partial charge in [-0.3, -0.25) is 9.59 Å². The third-order valence-electron chi connectivity index (χ3n) is 4.61. The molecule has 0 N–H and O–H groups in total. The Balaban J connectivity index is 2.54. The molecule has 0 saturated heterocycles. The second kappa shape index (κ2) is 6.92. The molecule has 21 heavy (non-hydrogen) atoms. The Morgan fingerprint density at radius 2 is 1.86 bits per heavy atom. The minimum absolute atomic E-state index is 0.112. The maximum absolute atomic E-state index is 12.8. The van der Waals surface area contributed by atoms with Crippen LogP contribution in [0.15, 0.2) is 10.9 Å². The number of nitrogens with zero attached hydrogens (tertiary/aromatic N) is 2. The van der Waals surface area contributed by atoms with Crippen molar-refractivity contribution in [3.8, 4) is 0 Å². The minimum Gasteiger partial charge on any atom is -0.371 e. The normalized spacial score (nSPS) is 16.0. The van der Waals surface area contributed by atoms with Crippen LogP contribution in [-0.2, 0) is 0 Å². The van der Waals surface area contributed by atoms with Crippen molar-refractivity contribution in [2.24, 2.45) is 0 Å². The molecule has 4 nitrogen and oxygen atoms in total. The zero-order valence-corrected chi connectivity index (χ0v) is 13.4. The number of carbonyl (C=O) groups is 1. The van der Waals surface area contributed by atoms with Crippen molar-refractivity contribution in [2.45, 2.75) is 58.9 Å². The second-order valence-corrected chi connectivity index (χ2v) is 5.84. The summed E-state index contributed by atoms with van der Waals surface area (Å²) in [6, 6.07) is 2.27. The first-order valence-electron chi connectivity index (χ1n) is 8.10. The van der Waals surface area contributed by atoms with E-state index in [1.54, 1.807) is 0 Å². The summed E-state index contributed by atoms with van der Waals surface area (Å²) in [5.74, 6) is 0. The van der Waals surface area contributed by atoms with Crippen LogP contribution in [0.3, 0.4) is 0 Å². The van der Waals surface area contributed by atoms with E-state index < -0.39 is 0 Å². The maximum atomic E-state index is 12.8. The Morgan fingerprint density at radius 3 is 2.38 bits per heavy atom. The lowest BCUT2D eigenvalue weighted by Crippen LogP contribution is -2.34. The fourth-order valence-corrected chi connectivity index (χ4v) is 3.47. The second-order valence-electron chi connectivity index (χ2n) is 5.84. The summed E-state index contributed by atoms with van der Waals surface area (Å²) in [6.45, 7) is 7.66. The van der Waals surface area contributed by atoms with Gasteiger partial charge in [0.25, 0.3) is 5.56 Å². The molecule has 1 aromatic heterocycles. The van der Waals surface area contributed by atoms with Gasteiger partial charge in [-0.05, 0) is 39.7 Å². The number of aromatic nitrogens is 1. The molecule has 0 aliphatic heterocycles. The largest absolute Gasteiger partial charge is 0.371 e. The van der Waals surface area contributed by atoms with Gasteiger partial charge < -0.3 is 9.47 Å². The fraction of sp³-hybridized carbons (Fsp3) is 0.647. The lowest BCUT2D eigenvalue weighted by Gasteiger charge is -2.29.